The summed E-state index contributed by atoms with van der Waals surface area (Å²) in [4.78, 5) is 12.4. The summed E-state index contributed by atoms with van der Waals surface area (Å²) in [6, 6.07) is 10.0. The summed E-state index contributed by atoms with van der Waals surface area (Å²) in [7, 11) is 0. The number of nitrogens with one attached hydrogen (secondary N) is 2. The van der Waals surface area contributed by atoms with Gasteiger partial charge in [-0.1, -0.05) is 25.1 Å². The van der Waals surface area contributed by atoms with Crippen LogP contribution in [0.1, 0.15) is 41.9 Å². The van der Waals surface area contributed by atoms with Crippen LogP contribution >= 0.6 is 0 Å². The molecule has 0 aliphatic carbocycles. The van der Waals surface area contributed by atoms with E-state index in [1.807, 2.05) is 35.1 Å². The zero-order chi connectivity index (χ0) is 15.4. The van der Waals surface area contributed by atoms with Gasteiger partial charge in [-0.05, 0) is 43.5 Å². The van der Waals surface area contributed by atoms with Gasteiger partial charge in [-0.2, -0.15) is 5.10 Å². The van der Waals surface area contributed by atoms with Gasteiger partial charge in [0.15, 0.2) is 5.69 Å². The fourth-order valence-electron chi connectivity index (χ4n) is 2.86. The van der Waals surface area contributed by atoms with Crippen LogP contribution in [0.4, 0.5) is 5.69 Å². The number of hydrogen-bond acceptors (Lipinski definition) is 3. The van der Waals surface area contributed by atoms with Gasteiger partial charge in [-0.3, -0.25) is 9.48 Å². The molecule has 116 valence electrons. The van der Waals surface area contributed by atoms with Gasteiger partial charge in [-0.15, -0.1) is 0 Å². The molecule has 2 N–H and O–H groups in total. The maximum Gasteiger partial charge on any atom is 0.276 e. The van der Waals surface area contributed by atoms with E-state index >= 15 is 0 Å². The predicted octanol–water partition coefficient (Wildman–Crippen LogP) is 2.62. The fraction of sp³-hybridized carbons (Fsp3) is 0.412. The summed E-state index contributed by atoms with van der Waals surface area (Å²) in [5.74, 6) is -0.150. The minimum absolute atomic E-state index is 0.150. The van der Waals surface area contributed by atoms with E-state index in [0.717, 1.165) is 43.6 Å². The van der Waals surface area contributed by atoms with Crippen LogP contribution in [0, 0.1) is 0 Å². The largest absolute Gasteiger partial charge is 0.320 e. The van der Waals surface area contributed by atoms with Crippen LogP contribution in [0.5, 0.6) is 0 Å². The number of hydrogen-bond donors (Lipinski definition) is 2. The highest BCUT2D eigenvalue weighted by molar-refractivity contribution is 6.03. The number of rotatable bonds is 4. The molecule has 22 heavy (non-hydrogen) atoms. The minimum Gasteiger partial charge on any atom is -0.320 e. The molecule has 0 spiro atoms. The van der Waals surface area contributed by atoms with Gasteiger partial charge in [0.05, 0.1) is 6.04 Å². The summed E-state index contributed by atoms with van der Waals surface area (Å²) in [5.41, 5.74) is 2.46. The van der Waals surface area contributed by atoms with E-state index in [4.69, 9.17) is 0 Å². The van der Waals surface area contributed by atoms with E-state index in [0.29, 0.717) is 11.7 Å². The highest BCUT2D eigenvalue weighted by Gasteiger charge is 2.18. The van der Waals surface area contributed by atoms with Crippen molar-refractivity contribution in [3.8, 4) is 0 Å². The van der Waals surface area contributed by atoms with E-state index in [9.17, 15) is 4.79 Å². The lowest BCUT2D eigenvalue weighted by Crippen LogP contribution is -2.32. The van der Waals surface area contributed by atoms with E-state index in [1.54, 1.807) is 6.07 Å². The smallest absolute Gasteiger partial charge is 0.276 e. The van der Waals surface area contributed by atoms with Crippen molar-refractivity contribution >= 4 is 11.6 Å². The Morgan fingerprint density at radius 2 is 2.27 bits per heavy atom. The summed E-state index contributed by atoms with van der Waals surface area (Å²) in [6.07, 6.45) is 5.04. The Labute approximate surface area is 130 Å². The van der Waals surface area contributed by atoms with Crippen molar-refractivity contribution in [3.63, 3.8) is 0 Å². The lowest BCUT2D eigenvalue weighted by atomic mass is 10.1. The maximum atomic E-state index is 12.4. The van der Waals surface area contributed by atoms with E-state index < -0.39 is 0 Å². The Kier molecular flexibility index (Phi) is 4.53. The van der Waals surface area contributed by atoms with Crippen molar-refractivity contribution in [2.75, 3.05) is 18.4 Å². The van der Waals surface area contributed by atoms with Crippen molar-refractivity contribution in [1.82, 2.24) is 15.1 Å². The Hall–Kier alpha value is -2.14. The van der Waals surface area contributed by atoms with Crippen molar-refractivity contribution in [2.45, 2.75) is 32.2 Å². The number of nitrogens with zero attached hydrogens (tertiary/aromatic N) is 2. The van der Waals surface area contributed by atoms with E-state index in [1.165, 1.54) is 0 Å². The van der Waals surface area contributed by atoms with Crippen LogP contribution in [0.15, 0.2) is 36.5 Å². The number of amides is 1. The van der Waals surface area contributed by atoms with Crippen molar-refractivity contribution in [1.29, 1.82) is 0 Å². The third kappa shape index (κ3) is 3.20. The topological polar surface area (TPSA) is 59.0 Å². The van der Waals surface area contributed by atoms with Crippen LogP contribution in [0.2, 0.25) is 0 Å². The monoisotopic (exact) mass is 298 g/mol. The molecule has 1 aliphatic heterocycles. The average molecular weight is 298 g/mol. The zero-order valence-electron chi connectivity index (χ0n) is 12.9. The molecule has 1 aromatic heterocycles. The quantitative estimate of drug-likeness (QED) is 0.912. The van der Waals surface area contributed by atoms with Crippen molar-refractivity contribution < 1.29 is 4.79 Å². The first-order valence-corrected chi connectivity index (χ1v) is 7.93. The van der Waals surface area contributed by atoms with E-state index in [-0.39, 0.29) is 5.91 Å². The van der Waals surface area contributed by atoms with E-state index in [2.05, 4.69) is 22.7 Å². The van der Waals surface area contributed by atoms with Crippen molar-refractivity contribution in [2.24, 2.45) is 0 Å². The summed E-state index contributed by atoms with van der Waals surface area (Å²) >= 11 is 0. The molecule has 5 nitrogen and oxygen atoms in total. The van der Waals surface area contributed by atoms with Gasteiger partial charge < -0.3 is 10.6 Å². The Balaban J connectivity index is 1.71. The summed E-state index contributed by atoms with van der Waals surface area (Å²) in [6.45, 7) is 4.07. The lowest BCUT2D eigenvalue weighted by Gasteiger charge is -2.22. The molecule has 1 fully saturated rings. The van der Waals surface area contributed by atoms with Gasteiger partial charge in [0.25, 0.3) is 5.91 Å². The second kappa shape index (κ2) is 6.75. The SMILES string of the molecule is CCc1ccccc1NC(=O)c1ccn(C2CCCNC2)n1. The zero-order valence-corrected chi connectivity index (χ0v) is 12.9. The number of piperidine rings is 1. The van der Waals surface area contributed by atoms with Crippen molar-refractivity contribution in [3.05, 3.63) is 47.8 Å². The second-order valence-corrected chi connectivity index (χ2v) is 5.65. The van der Waals surface area contributed by atoms with Crippen LogP contribution in [-0.4, -0.2) is 28.8 Å². The first-order valence-electron chi connectivity index (χ1n) is 7.93. The molecule has 1 aliphatic rings. The molecule has 2 aromatic rings. The number of carbonyl (C=O) groups excluding carboxylic acids is 1. The highest BCUT2D eigenvalue weighted by atomic mass is 16.1. The molecule has 1 atom stereocenters. The Morgan fingerprint density at radius 3 is 3.05 bits per heavy atom. The van der Waals surface area contributed by atoms with Gasteiger partial charge in [0.2, 0.25) is 0 Å². The molecular formula is C17H22N4O. The number of para-hydroxylation sites is 1. The van der Waals surface area contributed by atoms with Crippen LogP contribution in [0.25, 0.3) is 0 Å². The highest BCUT2D eigenvalue weighted by Crippen LogP contribution is 2.18. The predicted molar refractivity (Wildman–Crippen MR) is 87.1 cm³/mol. The third-order valence-electron chi connectivity index (χ3n) is 4.13. The molecular weight excluding hydrogens is 276 g/mol. The molecule has 5 heteroatoms. The van der Waals surface area contributed by atoms with Crippen LogP contribution < -0.4 is 10.6 Å². The Morgan fingerprint density at radius 1 is 1.41 bits per heavy atom. The number of anilines is 1. The van der Waals surface area contributed by atoms with Gasteiger partial charge >= 0.3 is 0 Å². The molecule has 0 radical (unpaired) electrons. The van der Waals surface area contributed by atoms with Crippen LogP contribution in [-0.2, 0) is 6.42 Å². The molecule has 1 aromatic carbocycles. The first-order chi connectivity index (χ1) is 10.8. The number of aromatic nitrogens is 2. The minimum atomic E-state index is -0.150. The molecule has 1 saturated heterocycles. The molecule has 2 heterocycles. The molecule has 1 amide bonds. The third-order valence-corrected chi connectivity index (χ3v) is 4.13. The first kappa shape index (κ1) is 14.8. The van der Waals surface area contributed by atoms with Gasteiger partial charge in [0.1, 0.15) is 0 Å². The number of benzene rings is 1. The number of aryl methyl sites for hydroxylation is 1. The fourth-order valence-corrected chi connectivity index (χ4v) is 2.86. The number of carbonyl (C=O) groups is 1. The molecule has 3 rings (SSSR count). The van der Waals surface area contributed by atoms with Gasteiger partial charge in [-0.25, -0.2) is 0 Å². The summed E-state index contributed by atoms with van der Waals surface area (Å²) < 4.78 is 1.91. The summed E-state index contributed by atoms with van der Waals surface area (Å²) in [5, 5.41) is 10.8. The van der Waals surface area contributed by atoms with Crippen LogP contribution in [0.3, 0.4) is 0 Å². The maximum absolute atomic E-state index is 12.4. The normalized spacial score (nSPS) is 18.1. The molecule has 1 unspecified atom stereocenters. The molecule has 0 bridgehead atoms. The lowest BCUT2D eigenvalue weighted by molar-refractivity contribution is 0.102. The molecule has 0 saturated carbocycles. The standard InChI is InChI=1S/C17H22N4O/c1-2-13-6-3-4-8-15(13)19-17(22)16-9-11-21(20-16)14-7-5-10-18-12-14/h3-4,6,8-9,11,14,18H,2,5,7,10,12H2,1H3,(H,19,22). The van der Waals surface area contributed by atoms with Gasteiger partial charge in [0, 0.05) is 18.4 Å². The Bertz CT molecular complexity index is 644. The second-order valence-electron chi connectivity index (χ2n) is 5.65. The average Bonchev–Trinajstić information content (AvgIpc) is 3.06.